The lowest BCUT2D eigenvalue weighted by atomic mass is 9.98. The van der Waals surface area contributed by atoms with E-state index in [-0.39, 0.29) is 19.2 Å². The minimum absolute atomic E-state index is 0.250. The molecule has 2 atom stereocenters. The summed E-state index contributed by atoms with van der Waals surface area (Å²) in [6.45, 7) is 7.80. The van der Waals surface area contributed by atoms with Crippen LogP contribution in [0.5, 0.6) is 0 Å². The molecule has 0 spiro atoms. The highest BCUT2D eigenvalue weighted by atomic mass is 32.2. The van der Waals surface area contributed by atoms with Gasteiger partial charge in [0.1, 0.15) is 6.10 Å². The maximum atomic E-state index is 13.1. The van der Waals surface area contributed by atoms with Crippen molar-refractivity contribution in [2.75, 3.05) is 13.1 Å². The molecule has 1 aromatic carbocycles. The van der Waals surface area contributed by atoms with Gasteiger partial charge in [0.25, 0.3) is 0 Å². The van der Waals surface area contributed by atoms with Gasteiger partial charge in [-0.3, -0.25) is 4.79 Å². The summed E-state index contributed by atoms with van der Waals surface area (Å²) in [6.07, 6.45) is 0.0167. The van der Waals surface area contributed by atoms with Crippen molar-refractivity contribution in [3.8, 4) is 0 Å². The van der Waals surface area contributed by atoms with E-state index in [0.29, 0.717) is 24.2 Å². The number of carbonyl (C=O) groups is 2. The van der Waals surface area contributed by atoms with Gasteiger partial charge in [0.05, 0.1) is 10.8 Å². The van der Waals surface area contributed by atoms with Crippen molar-refractivity contribution in [3.63, 3.8) is 0 Å². The smallest absolute Gasteiger partial charge is 0.347 e. The van der Waals surface area contributed by atoms with Gasteiger partial charge in [0.15, 0.2) is 0 Å². The molecule has 28 heavy (non-hydrogen) atoms. The van der Waals surface area contributed by atoms with Crippen LogP contribution in [-0.4, -0.2) is 50.0 Å². The van der Waals surface area contributed by atoms with E-state index >= 15 is 0 Å². The number of benzene rings is 1. The van der Waals surface area contributed by atoms with Gasteiger partial charge in [0.2, 0.25) is 16.1 Å². The number of piperidine rings is 1. The highest BCUT2D eigenvalue weighted by molar-refractivity contribution is 7.89. The molecular formula is C20H27NO6S. The number of hydrogen-bond acceptors (Lipinski definition) is 6. The topological polar surface area (TPSA) is 90.0 Å². The molecule has 7 nitrogen and oxygen atoms in total. The van der Waals surface area contributed by atoms with E-state index in [2.05, 4.69) is 0 Å². The van der Waals surface area contributed by atoms with Crippen molar-refractivity contribution in [2.45, 2.75) is 64.1 Å². The average Bonchev–Trinajstić information content (AvgIpc) is 2.91. The first kappa shape index (κ1) is 20.8. The molecule has 0 amide bonds. The van der Waals surface area contributed by atoms with Gasteiger partial charge in [-0.15, -0.1) is 0 Å². The normalized spacial score (nSPS) is 24.2. The first-order valence-corrected chi connectivity index (χ1v) is 11.0. The van der Waals surface area contributed by atoms with Crippen LogP contribution in [0, 0.1) is 26.7 Å². The molecule has 1 aromatic rings. The summed E-state index contributed by atoms with van der Waals surface area (Å²) in [4.78, 5) is 24.4. The Bertz CT molecular complexity index is 863. The van der Waals surface area contributed by atoms with Crippen LogP contribution in [0.15, 0.2) is 17.0 Å². The van der Waals surface area contributed by atoms with Crippen LogP contribution in [0.1, 0.15) is 42.9 Å². The highest BCUT2D eigenvalue weighted by Crippen LogP contribution is 2.30. The Labute approximate surface area is 166 Å². The zero-order chi connectivity index (χ0) is 20.6. The predicted molar refractivity (Wildman–Crippen MR) is 102 cm³/mol. The second kappa shape index (κ2) is 7.83. The molecule has 2 aliphatic rings. The van der Waals surface area contributed by atoms with Crippen LogP contribution >= 0.6 is 0 Å². The molecule has 0 radical (unpaired) electrons. The summed E-state index contributed by atoms with van der Waals surface area (Å²) in [6, 6.07) is 3.73. The van der Waals surface area contributed by atoms with Gasteiger partial charge in [-0.05, 0) is 51.7 Å². The van der Waals surface area contributed by atoms with Crippen LogP contribution in [0.4, 0.5) is 0 Å². The second-order valence-electron chi connectivity index (χ2n) is 7.81. The Morgan fingerprint density at radius 2 is 1.71 bits per heavy atom. The average molecular weight is 410 g/mol. The summed E-state index contributed by atoms with van der Waals surface area (Å²) >= 11 is 0. The van der Waals surface area contributed by atoms with Crippen molar-refractivity contribution >= 4 is 22.0 Å². The summed E-state index contributed by atoms with van der Waals surface area (Å²) in [7, 11) is -3.62. The molecule has 2 saturated heterocycles. The Balaban J connectivity index is 1.65. The molecule has 2 fully saturated rings. The summed E-state index contributed by atoms with van der Waals surface area (Å²) in [5.74, 6) is -1.36. The van der Waals surface area contributed by atoms with E-state index in [0.717, 1.165) is 16.7 Å². The van der Waals surface area contributed by atoms with Gasteiger partial charge in [-0.1, -0.05) is 17.7 Å². The van der Waals surface area contributed by atoms with E-state index in [1.807, 2.05) is 19.1 Å². The lowest BCUT2D eigenvalue weighted by molar-refractivity contribution is -0.164. The first-order chi connectivity index (χ1) is 13.1. The molecule has 3 rings (SSSR count). The number of nitrogens with zero attached hydrogens (tertiary/aromatic N) is 1. The van der Waals surface area contributed by atoms with E-state index in [1.54, 1.807) is 20.8 Å². The number of ether oxygens (including phenoxy) is 2. The maximum Gasteiger partial charge on any atom is 0.347 e. The van der Waals surface area contributed by atoms with Gasteiger partial charge >= 0.3 is 11.9 Å². The van der Waals surface area contributed by atoms with E-state index in [4.69, 9.17) is 9.47 Å². The minimum Gasteiger partial charge on any atom is -0.460 e. The highest BCUT2D eigenvalue weighted by Gasteiger charge is 2.39. The fraction of sp³-hybridized carbons (Fsp3) is 0.600. The third-order valence-electron chi connectivity index (χ3n) is 5.37. The third-order valence-corrected chi connectivity index (χ3v) is 7.58. The summed E-state index contributed by atoms with van der Waals surface area (Å²) in [5, 5.41) is 0. The number of hydrogen-bond donors (Lipinski definition) is 0. The SMILES string of the molecule is Cc1cc(C)c(S(=O)(=O)N2CCC(C(=O)OC3CC(C)OC3=O)CC2)c(C)c1. The van der Waals surface area contributed by atoms with Crippen LogP contribution in [-0.2, 0) is 29.1 Å². The first-order valence-electron chi connectivity index (χ1n) is 9.58. The van der Waals surface area contributed by atoms with Crippen molar-refractivity contribution in [3.05, 3.63) is 28.8 Å². The molecule has 0 aromatic heterocycles. The van der Waals surface area contributed by atoms with Crippen molar-refractivity contribution < 1.29 is 27.5 Å². The standard InChI is InChI=1S/C20H27NO6S/c1-12-9-13(2)18(14(3)10-12)28(24,25)21-7-5-16(6-8-21)19(22)27-17-11-15(4)26-20(17)23/h9-10,15-17H,5-8,11H2,1-4H3. The molecule has 0 bridgehead atoms. The fourth-order valence-electron chi connectivity index (χ4n) is 4.09. The number of sulfonamides is 1. The molecular weight excluding hydrogens is 382 g/mol. The van der Waals surface area contributed by atoms with Gasteiger partial charge in [-0.2, -0.15) is 4.31 Å². The summed E-state index contributed by atoms with van der Waals surface area (Å²) in [5.41, 5.74) is 2.48. The molecule has 0 aliphatic carbocycles. The number of esters is 2. The Morgan fingerprint density at radius 3 is 2.21 bits per heavy atom. The van der Waals surface area contributed by atoms with Crippen LogP contribution < -0.4 is 0 Å². The zero-order valence-corrected chi connectivity index (χ0v) is 17.5. The Kier molecular flexibility index (Phi) is 5.82. The van der Waals surface area contributed by atoms with E-state index in [9.17, 15) is 18.0 Å². The Hall–Kier alpha value is -1.93. The largest absolute Gasteiger partial charge is 0.460 e. The minimum atomic E-state index is -3.62. The number of carbonyl (C=O) groups excluding carboxylic acids is 2. The quantitative estimate of drug-likeness (QED) is 0.709. The zero-order valence-electron chi connectivity index (χ0n) is 16.7. The predicted octanol–water partition coefficient (Wildman–Crippen LogP) is 2.26. The van der Waals surface area contributed by atoms with Crippen molar-refractivity contribution in [2.24, 2.45) is 5.92 Å². The van der Waals surface area contributed by atoms with Crippen LogP contribution in [0.2, 0.25) is 0 Å². The lowest BCUT2D eigenvalue weighted by Crippen LogP contribution is -2.41. The van der Waals surface area contributed by atoms with Crippen molar-refractivity contribution in [1.82, 2.24) is 4.31 Å². The fourth-order valence-corrected chi connectivity index (χ4v) is 5.97. The lowest BCUT2D eigenvalue weighted by Gasteiger charge is -2.31. The molecule has 0 N–H and O–H groups in total. The molecule has 0 saturated carbocycles. The van der Waals surface area contributed by atoms with Gasteiger partial charge < -0.3 is 9.47 Å². The van der Waals surface area contributed by atoms with Gasteiger partial charge in [0, 0.05) is 19.5 Å². The summed E-state index contributed by atoms with van der Waals surface area (Å²) < 4.78 is 38.0. The van der Waals surface area contributed by atoms with Crippen molar-refractivity contribution in [1.29, 1.82) is 0 Å². The molecule has 154 valence electrons. The maximum absolute atomic E-state index is 13.1. The number of rotatable bonds is 4. The molecule has 2 unspecified atom stereocenters. The number of aryl methyl sites for hydroxylation is 3. The second-order valence-corrected chi connectivity index (χ2v) is 9.69. The molecule has 2 heterocycles. The monoisotopic (exact) mass is 409 g/mol. The molecule has 2 aliphatic heterocycles. The van der Waals surface area contributed by atoms with E-state index in [1.165, 1.54) is 4.31 Å². The Morgan fingerprint density at radius 1 is 1.14 bits per heavy atom. The third kappa shape index (κ3) is 4.07. The van der Waals surface area contributed by atoms with Gasteiger partial charge in [-0.25, -0.2) is 13.2 Å². The number of cyclic esters (lactones) is 1. The molecule has 8 heteroatoms. The van der Waals surface area contributed by atoms with Crippen LogP contribution in [0.25, 0.3) is 0 Å². The van der Waals surface area contributed by atoms with Crippen LogP contribution in [0.3, 0.4) is 0 Å². The van der Waals surface area contributed by atoms with E-state index < -0.39 is 34.0 Å².